The van der Waals surface area contributed by atoms with E-state index in [-0.39, 0.29) is 0 Å². The molecular formula is C14H22N2. The van der Waals surface area contributed by atoms with Crippen LogP contribution in [0.25, 0.3) is 0 Å². The summed E-state index contributed by atoms with van der Waals surface area (Å²) in [4.78, 5) is 4.83. The van der Waals surface area contributed by atoms with Crippen molar-refractivity contribution in [3.05, 3.63) is 30.3 Å². The Kier molecular flexibility index (Phi) is 3.83. The van der Waals surface area contributed by atoms with Crippen molar-refractivity contribution in [1.29, 1.82) is 0 Å². The van der Waals surface area contributed by atoms with Gasteiger partial charge in [-0.25, -0.2) is 0 Å². The van der Waals surface area contributed by atoms with Gasteiger partial charge in [0.05, 0.1) is 0 Å². The van der Waals surface area contributed by atoms with Gasteiger partial charge in [-0.2, -0.15) is 0 Å². The summed E-state index contributed by atoms with van der Waals surface area (Å²) in [6.07, 6.45) is 2.73. The van der Waals surface area contributed by atoms with E-state index in [0.717, 1.165) is 5.92 Å². The van der Waals surface area contributed by atoms with Gasteiger partial charge in [0.25, 0.3) is 0 Å². The summed E-state index contributed by atoms with van der Waals surface area (Å²) in [6.45, 7) is 3.69. The Balaban J connectivity index is 1.89. The van der Waals surface area contributed by atoms with Crippen molar-refractivity contribution in [2.45, 2.75) is 12.8 Å². The largest absolute Gasteiger partial charge is 0.374 e. The van der Waals surface area contributed by atoms with Crippen LogP contribution in [-0.2, 0) is 0 Å². The highest BCUT2D eigenvalue weighted by Gasteiger charge is 2.18. The Hall–Kier alpha value is -1.02. The number of anilines is 1. The SMILES string of the molecule is CN1CCC[C@H](CN(C)c2ccccc2)C1. The molecule has 0 amide bonds. The van der Waals surface area contributed by atoms with E-state index in [2.05, 4.69) is 54.2 Å². The molecule has 1 aromatic carbocycles. The van der Waals surface area contributed by atoms with Crippen molar-refractivity contribution < 1.29 is 0 Å². The molecule has 0 N–H and O–H groups in total. The highest BCUT2D eigenvalue weighted by molar-refractivity contribution is 5.44. The van der Waals surface area contributed by atoms with E-state index in [1.54, 1.807) is 0 Å². The third-order valence-corrected chi connectivity index (χ3v) is 3.45. The summed E-state index contributed by atoms with van der Waals surface area (Å²) >= 11 is 0. The van der Waals surface area contributed by atoms with E-state index in [1.165, 1.54) is 38.2 Å². The fourth-order valence-corrected chi connectivity index (χ4v) is 2.60. The minimum Gasteiger partial charge on any atom is -0.374 e. The molecule has 0 spiro atoms. The quantitative estimate of drug-likeness (QED) is 0.769. The van der Waals surface area contributed by atoms with Crippen molar-refractivity contribution in [3.8, 4) is 0 Å². The van der Waals surface area contributed by atoms with Gasteiger partial charge >= 0.3 is 0 Å². The monoisotopic (exact) mass is 218 g/mol. The molecule has 0 radical (unpaired) electrons. The maximum Gasteiger partial charge on any atom is 0.0363 e. The molecule has 1 fully saturated rings. The van der Waals surface area contributed by atoms with Gasteiger partial charge in [-0.3, -0.25) is 0 Å². The predicted octanol–water partition coefficient (Wildman–Crippen LogP) is 2.46. The van der Waals surface area contributed by atoms with Crippen LogP contribution in [0, 0.1) is 5.92 Å². The highest BCUT2D eigenvalue weighted by Crippen LogP contribution is 2.19. The average Bonchev–Trinajstić information content (AvgIpc) is 2.30. The van der Waals surface area contributed by atoms with E-state index < -0.39 is 0 Å². The predicted molar refractivity (Wildman–Crippen MR) is 69.9 cm³/mol. The first kappa shape index (κ1) is 11.5. The van der Waals surface area contributed by atoms with E-state index in [9.17, 15) is 0 Å². The number of para-hydroxylation sites is 1. The second-order valence-electron chi connectivity index (χ2n) is 4.99. The molecule has 88 valence electrons. The van der Waals surface area contributed by atoms with Gasteiger partial charge in [0.15, 0.2) is 0 Å². The normalized spacial score (nSPS) is 22.0. The maximum atomic E-state index is 2.45. The van der Waals surface area contributed by atoms with Crippen molar-refractivity contribution in [1.82, 2.24) is 4.90 Å². The molecule has 1 aliphatic heterocycles. The molecule has 16 heavy (non-hydrogen) atoms. The number of nitrogens with zero attached hydrogens (tertiary/aromatic N) is 2. The molecule has 2 heteroatoms. The van der Waals surface area contributed by atoms with Crippen LogP contribution in [0.2, 0.25) is 0 Å². The number of benzene rings is 1. The van der Waals surface area contributed by atoms with Gasteiger partial charge in [0.2, 0.25) is 0 Å². The third-order valence-electron chi connectivity index (χ3n) is 3.45. The summed E-state index contributed by atoms with van der Waals surface area (Å²) < 4.78 is 0. The molecule has 0 aromatic heterocycles. The molecule has 1 saturated heterocycles. The zero-order chi connectivity index (χ0) is 11.4. The fourth-order valence-electron chi connectivity index (χ4n) is 2.60. The fraction of sp³-hybridized carbons (Fsp3) is 0.571. The molecule has 1 aliphatic rings. The molecule has 2 rings (SSSR count). The van der Waals surface area contributed by atoms with Gasteiger partial charge < -0.3 is 9.80 Å². The van der Waals surface area contributed by atoms with Gasteiger partial charge in [0.1, 0.15) is 0 Å². The number of piperidine rings is 1. The molecular weight excluding hydrogens is 196 g/mol. The topological polar surface area (TPSA) is 6.48 Å². The third kappa shape index (κ3) is 2.99. The lowest BCUT2D eigenvalue weighted by Crippen LogP contribution is -2.38. The summed E-state index contributed by atoms with van der Waals surface area (Å²) in [7, 11) is 4.43. The Morgan fingerprint density at radius 1 is 1.31 bits per heavy atom. The van der Waals surface area contributed by atoms with Gasteiger partial charge in [-0.15, -0.1) is 0 Å². The Labute approximate surface area is 98.9 Å². The summed E-state index contributed by atoms with van der Waals surface area (Å²) in [6, 6.07) is 10.7. The van der Waals surface area contributed by atoms with Crippen LogP contribution in [-0.4, -0.2) is 38.6 Å². The maximum absolute atomic E-state index is 2.45. The lowest BCUT2D eigenvalue weighted by atomic mass is 9.98. The number of rotatable bonds is 3. The van der Waals surface area contributed by atoms with Crippen LogP contribution >= 0.6 is 0 Å². The van der Waals surface area contributed by atoms with Crippen molar-refractivity contribution in [2.75, 3.05) is 38.6 Å². The minimum absolute atomic E-state index is 0.823. The van der Waals surface area contributed by atoms with Crippen molar-refractivity contribution in [3.63, 3.8) is 0 Å². The van der Waals surface area contributed by atoms with E-state index in [4.69, 9.17) is 0 Å². The second kappa shape index (κ2) is 5.35. The summed E-state index contributed by atoms with van der Waals surface area (Å²) in [5.74, 6) is 0.823. The average molecular weight is 218 g/mol. The molecule has 2 nitrogen and oxygen atoms in total. The number of hydrogen-bond donors (Lipinski definition) is 0. The van der Waals surface area contributed by atoms with Crippen molar-refractivity contribution >= 4 is 5.69 Å². The van der Waals surface area contributed by atoms with Crippen LogP contribution in [0.5, 0.6) is 0 Å². The zero-order valence-electron chi connectivity index (χ0n) is 10.4. The molecule has 0 aliphatic carbocycles. The molecule has 0 unspecified atom stereocenters. The van der Waals surface area contributed by atoms with E-state index in [0.29, 0.717) is 0 Å². The first-order valence-corrected chi connectivity index (χ1v) is 6.20. The van der Waals surface area contributed by atoms with Crippen LogP contribution in [0.15, 0.2) is 30.3 Å². The lowest BCUT2D eigenvalue weighted by Gasteiger charge is -2.33. The lowest BCUT2D eigenvalue weighted by molar-refractivity contribution is 0.213. The smallest absolute Gasteiger partial charge is 0.0363 e. The zero-order valence-corrected chi connectivity index (χ0v) is 10.4. The van der Waals surface area contributed by atoms with Crippen molar-refractivity contribution in [2.24, 2.45) is 5.92 Å². The van der Waals surface area contributed by atoms with Crippen LogP contribution in [0.1, 0.15) is 12.8 Å². The molecule has 1 atom stereocenters. The first-order chi connectivity index (χ1) is 7.75. The van der Waals surface area contributed by atoms with Crippen LogP contribution < -0.4 is 4.90 Å². The minimum atomic E-state index is 0.823. The Morgan fingerprint density at radius 3 is 2.75 bits per heavy atom. The van der Waals surface area contributed by atoms with Gasteiger partial charge in [-0.05, 0) is 44.5 Å². The Bertz CT molecular complexity index is 310. The second-order valence-corrected chi connectivity index (χ2v) is 4.99. The standard InChI is InChI=1S/C14H22N2/c1-15-10-6-7-13(11-15)12-16(2)14-8-4-3-5-9-14/h3-5,8-9,13H,6-7,10-12H2,1-2H3/t13-/m0/s1. The van der Waals surface area contributed by atoms with E-state index >= 15 is 0 Å². The number of hydrogen-bond acceptors (Lipinski definition) is 2. The van der Waals surface area contributed by atoms with Crippen LogP contribution in [0.4, 0.5) is 5.69 Å². The molecule has 1 aromatic rings. The van der Waals surface area contributed by atoms with Gasteiger partial charge in [0, 0.05) is 25.8 Å². The van der Waals surface area contributed by atoms with Gasteiger partial charge in [-0.1, -0.05) is 18.2 Å². The van der Waals surface area contributed by atoms with E-state index in [1.807, 2.05) is 0 Å². The molecule has 0 bridgehead atoms. The number of likely N-dealkylation sites (tertiary alicyclic amines) is 1. The molecule has 0 saturated carbocycles. The summed E-state index contributed by atoms with van der Waals surface area (Å²) in [5, 5.41) is 0. The van der Waals surface area contributed by atoms with Crippen LogP contribution in [0.3, 0.4) is 0 Å². The summed E-state index contributed by atoms with van der Waals surface area (Å²) in [5.41, 5.74) is 1.33. The molecule has 1 heterocycles. The first-order valence-electron chi connectivity index (χ1n) is 6.20. The highest BCUT2D eigenvalue weighted by atomic mass is 15.1. The Morgan fingerprint density at radius 2 is 2.06 bits per heavy atom.